The highest BCUT2D eigenvalue weighted by Crippen LogP contribution is 2.18. The minimum absolute atomic E-state index is 0.101. The minimum Gasteiger partial charge on any atom is -0.330 e. The van der Waals surface area contributed by atoms with E-state index >= 15 is 0 Å². The second-order valence-corrected chi connectivity index (χ2v) is 3.88. The number of nitrogens with one attached hydrogen (secondary N) is 1. The van der Waals surface area contributed by atoms with Gasteiger partial charge in [0.2, 0.25) is 0 Å². The summed E-state index contributed by atoms with van der Waals surface area (Å²) >= 11 is 0. The lowest BCUT2D eigenvalue weighted by Gasteiger charge is -2.11. The van der Waals surface area contributed by atoms with Crippen molar-refractivity contribution in [3.05, 3.63) is 16.4 Å². The quantitative estimate of drug-likeness (QED) is 0.736. The van der Waals surface area contributed by atoms with E-state index in [4.69, 9.17) is 5.73 Å². The molecule has 0 radical (unpaired) electrons. The number of hydrogen-bond donors (Lipinski definition) is 2. The molecule has 1 rings (SSSR count). The fraction of sp³-hybridized carbons (Fsp3) is 0.778. The van der Waals surface area contributed by atoms with Gasteiger partial charge in [0.25, 0.3) is 0 Å². The highest BCUT2D eigenvalue weighted by Gasteiger charge is 2.14. The zero-order valence-electron chi connectivity index (χ0n) is 8.62. The normalized spacial score (nSPS) is 13.4. The SMILES string of the molecule is CC(C)CCC(CN)c1noc(=O)[nH]1. The van der Waals surface area contributed by atoms with Gasteiger partial charge in [-0.15, -0.1) is 0 Å². The molecule has 0 saturated carbocycles. The largest absolute Gasteiger partial charge is 0.438 e. The molecule has 0 aliphatic heterocycles. The summed E-state index contributed by atoms with van der Waals surface area (Å²) in [5.74, 6) is 0.785. The summed E-state index contributed by atoms with van der Waals surface area (Å²) in [5, 5.41) is 3.64. The van der Waals surface area contributed by atoms with Gasteiger partial charge in [-0.1, -0.05) is 25.4 Å². The second kappa shape index (κ2) is 4.95. The van der Waals surface area contributed by atoms with Gasteiger partial charge >= 0.3 is 5.76 Å². The third-order valence-corrected chi connectivity index (χ3v) is 2.22. The Morgan fingerprint density at radius 1 is 1.50 bits per heavy atom. The first kappa shape index (κ1) is 11.0. The fourth-order valence-corrected chi connectivity index (χ4v) is 1.32. The molecule has 0 amide bonds. The van der Waals surface area contributed by atoms with Crippen LogP contribution in [0.1, 0.15) is 38.4 Å². The standard InChI is InChI=1S/C9H17N3O2/c1-6(2)3-4-7(5-10)8-11-9(13)14-12-8/h6-7H,3-5,10H2,1-2H3,(H,11,12,13). The predicted octanol–water partition coefficient (Wildman–Crippen LogP) is 0.841. The maximum absolute atomic E-state index is 10.7. The topological polar surface area (TPSA) is 84.9 Å². The van der Waals surface area contributed by atoms with Crippen LogP contribution >= 0.6 is 0 Å². The van der Waals surface area contributed by atoms with Crippen LogP contribution in [0.15, 0.2) is 9.32 Å². The van der Waals surface area contributed by atoms with E-state index in [0.717, 1.165) is 12.8 Å². The summed E-state index contributed by atoms with van der Waals surface area (Å²) in [6.07, 6.45) is 1.99. The lowest BCUT2D eigenvalue weighted by atomic mass is 9.97. The molecule has 3 N–H and O–H groups in total. The maximum Gasteiger partial charge on any atom is 0.438 e. The average molecular weight is 199 g/mol. The monoisotopic (exact) mass is 199 g/mol. The number of rotatable bonds is 5. The predicted molar refractivity (Wildman–Crippen MR) is 53.0 cm³/mol. The molecule has 0 spiro atoms. The van der Waals surface area contributed by atoms with E-state index in [0.29, 0.717) is 18.3 Å². The Hall–Kier alpha value is -1.10. The first-order valence-corrected chi connectivity index (χ1v) is 4.89. The molecule has 5 heteroatoms. The van der Waals surface area contributed by atoms with E-state index < -0.39 is 5.76 Å². The molecule has 1 aromatic rings. The number of nitrogens with zero attached hydrogens (tertiary/aromatic N) is 1. The van der Waals surface area contributed by atoms with Gasteiger partial charge in [-0.25, -0.2) is 4.79 Å². The molecule has 1 aromatic heterocycles. The Kier molecular flexibility index (Phi) is 3.88. The van der Waals surface area contributed by atoms with Gasteiger partial charge in [-0.3, -0.25) is 9.51 Å². The van der Waals surface area contributed by atoms with Crippen LogP contribution in [0, 0.1) is 5.92 Å². The molecule has 0 bridgehead atoms. The smallest absolute Gasteiger partial charge is 0.330 e. The van der Waals surface area contributed by atoms with Crippen LogP contribution in [0.2, 0.25) is 0 Å². The molecule has 1 unspecified atom stereocenters. The second-order valence-electron chi connectivity index (χ2n) is 3.88. The van der Waals surface area contributed by atoms with Crippen molar-refractivity contribution < 1.29 is 4.52 Å². The van der Waals surface area contributed by atoms with Crippen molar-refractivity contribution in [3.63, 3.8) is 0 Å². The Morgan fingerprint density at radius 2 is 2.21 bits per heavy atom. The van der Waals surface area contributed by atoms with E-state index in [2.05, 4.69) is 28.5 Å². The summed E-state index contributed by atoms with van der Waals surface area (Å²) in [7, 11) is 0. The Morgan fingerprint density at radius 3 is 2.64 bits per heavy atom. The van der Waals surface area contributed by atoms with Crippen LogP contribution < -0.4 is 11.5 Å². The first-order valence-electron chi connectivity index (χ1n) is 4.89. The number of H-pyrrole nitrogens is 1. The average Bonchev–Trinajstić information content (AvgIpc) is 2.53. The first-order chi connectivity index (χ1) is 6.63. The lowest BCUT2D eigenvalue weighted by molar-refractivity contribution is 0.373. The molecule has 0 saturated heterocycles. The summed E-state index contributed by atoms with van der Waals surface area (Å²) < 4.78 is 4.44. The van der Waals surface area contributed by atoms with Gasteiger partial charge in [-0.2, -0.15) is 0 Å². The number of aromatic amines is 1. The summed E-state index contributed by atoms with van der Waals surface area (Å²) in [4.78, 5) is 13.3. The van der Waals surface area contributed by atoms with Crippen molar-refractivity contribution in [1.29, 1.82) is 0 Å². The molecule has 5 nitrogen and oxygen atoms in total. The van der Waals surface area contributed by atoms with Crippen LogP contribution in [0.5, 0.6) is 0 Å². The third kappa shape index (κ3) is 2.99. The van der Waals surface area contributed by atoms with Crippen LogP contribution in [0.3, 0.4) is 0 Å². The van der Waals surface area contributed by atoms with Crippen molar-refractivity contribution >= 4 is 0 Å². The van der Waals surface area contributed by atoms with Gasteiger partial charge in [0.05, 0.1) is 0 Å². The molecule has 0 aliphatic rings. The molecule has 1 atom stereocenters. The molecule has 0 aromatic carbocycles. The van der Waals surface area contributed by atoms with Crippen LogP contribution in [-0.2, 0) is 0 Å². The zero-order valence-corrected chi connectivity index (χ0v) is 8.62. The fourth-order valence-electron chi connectivity index (χ4n) is 1.32. The van der Waals surface area contributed by atoms with Crippen molar-refractivity contribution in [3.8, 4) is 0 Å². The van der Waals surface area contributed by atoms with Crippen molar-refractivity contribution in [2.75, 3.05) is 6.54 Å². The Bertz CT molecular complexity index is 316. The van der Waals surface area contributed by atoms with E-state index in [1.54, 1.807) is 0 Å². The minimum atomic E-state index is -0.511. The van der Waals surface area contributed by atoms with Crippen LogP contribution in [-0.4, -0.2) is 16.7 Å². The van der Waals surface area contributed by atoms with Crippen molar-refractivity contribution in [2.24, 2.45) is 11.7 Å². The van der Waals surface area contributed by atoms with Crippen molar-refractivity contribution in [1.82, 2.24) is 10.1 Å². The molecular formula is C9H17N3O2. The maximum atomic E-state index is 10.7. The van der Waals surface area contributed by atoms with E-state index in [1.165, 1.54) is 0 Å². The van der Waals surface area contributed by atoms with Gasteiger partial charge < -0.3 is 5.73 Å². The van der Waals surface area contributed by atoms with Gasteiger partial charge in [0.1, 0.15) is 0 Å². The Labute approximate surface area is 82.7 Å². The number of nitrogens with two attached hydrogens (primary N) is 1. The molecule has 14 heavy (non-hydrogen) atoms. The molecular weight excluding hydrogens is 182 g/mol. The zero-order chi connectivity index (χ0) is 10.6. The van der Waals surface area contributed by atoms with Gasteiger partial charge in [0.15, 0.2) is 5.82 Å². The van der Waals surface area contributed by atoms with E-state index in [9.17, 15) is 4.79 Å². The van der Waals surface area contributed by atoms with Crippen LogP contribution in [0.25, 0.3) is 0 Å². The third-order valence-electron chi connectivity index (χ3n) is 2.22. The molecule has 0 aliphatic carbocycles. The molecule has 0 fully saturated rings. The van der Waals surface area contributed by atoms with Gasteiger partial charge in [0, 0.05) is 12.5 Å². The number of aromatic nitrogens is 2. The summed E-state index contributed by atoms with van der Waals surface area (Å²) in [5.41, 5.74) is 5.60. The summed E-state index contributed by atoms with van der Waals surface area (Å²) in [6, 6.07) is 0. The number of hydrogen-bond acceptors (Lipinski definition) is 4. The van der Waals surface area contributed by atoms with Gasteiger partial charge in [-0.05, 0) is 12.3 Å². The van der Waals surface area contributed by atoms with Crippen molar-refractivity contribution in [2.45, 2.75) is 32.6 Å². The van der Waals surface area contributed by atoms with E-state index in [1.807, 2.05) is 0 Å². The molecule has 1 heterocycles. The van der Waals surface area contributed by atoms with E-state index in [-0.39, 0.29) is 5.92 Å². The Balaban J connectivity index is 2.58. The highest BCUT2D eigenvalue weighted by molar-refractivity contribution is 4.92. The molecule has 80 valence electrons. The van der Waals surface area contributed by atoms with Crippen LogP contribution in [0.4, 0.5) is 0 Å². The summed E-state index contributed by atoms with van der Waals surface area (Å²) in [6.45, 7) is 4.79. The highest BCUT2D eigenvalue weighted by atomic mass is 16.5. The lowest BCUT2D eigenvalue weighted by Crippen LogP contribution is -2.15.